The number of carboxylic acids is 1. The first-order valence-electron chi connectivity index (χ1n) is 7.34. The topological polar surface area (TPSA) is 52.6 Å². The van der Waals surface area contributed by atoms with E-state index in [2.05, 4.69) is 17.1 Å². The van der Waals surface area contributed by atoms with Gasteiger partial charge >= 0.3 is 5.97 Å². The Morgan fingerprint density at radius 2 is 2.00 bits per heavy atom. The molecule has 1 aromatic carbocycles. The Morgan fingerprint density at radius 3 is 2.55 bits per heavy atom. The second-order valence-electron chi connectivity index (χ2n) is 6.33. The van der Waals surface area contributed by atoms with Crippen LogP contribution in [0.2, 0.25) is 0 Å². The summed E-state index contributed by atoms with van der Waals surface area (Å²) in [7, 11) is 0. The number of hydrogen-bond acceptors (Lipinski definition) is 3. The largest absolute Gasteiger partial charge is 0.479 e. The molecular formula is C16H22N2O2. The quantitative estimate of drug-likeness (QED) is 0.885. The van der Waals surface area contributed by atoms with E-state index in [1.807, 2.05) is 31.2 Å². The van der Waals surface area contributed by atoms with Gasteiger partial charge in [-0.25, -0.2) is 4.79 Å². The third kappa shape index (κ3) is 2.40. The summed E-state index contributed by atoms with van der Waals surface area (Å²) in [6.45, 7) is 4.77. The molecule has 1 aliphatic carbocycles. The summed E-state index contributed by atoms with van der Waals surface area (Å²) >= 11 is 0. The van der Waals surface area contributed by atoms with Crippen molar-refractivity contribution in [1.29, 1.82) is 0 Å². The number of carbonyl (C=O) groups is 1. The molecule has 0 radical (unpaired) electrons. The molecule has 0 aromatic heterocycles. The smallest absolute Gasteiger partial charge is 0.330 e. The molecular weight excluding hydrogens is 252 g/mol. The monoisotopic (exact) mass is 274 g/mol. The minimum absolute atomic E-state index is 0.330. The molecule has 2 aliphatic rings. The van der Waals surface area contributed by atoms with E-state index in [1.54, 1.807) is 0 Å². The minimum atomic E-state index is -0.850. The van der Waals surface area contributed by atoms with Crippen LogP contribution < -0.4 is 5.32 Å². The minimum Gasteiger partial charge on any atom is -0.479 e. The van der Waals surface area contributed by atoms with Gasteiger partial charge in [0.1, 0.15) is 5.54 Å². The van der Waals surface area contributed by atoms with Crippen LogP contribution >= 0.6 is 0 Å². The van der Waals surface area contributed by atoms with E-state index >= 15 is 0 Å². The van der Waals surface area contributed by atoms with Crippen molar-refractivity contribution in [3.05, 3.63) is 29.8 Å². The highest BCUT2D eigenvalue weighted by atomic mass is 16.4. The van der Waals surface area contributed by atoms with Crippen LogP contribution in [0, 0.1) is 6.92 Å². The summed E-state index contributed by atoms with van der Waals surface area (Å²) in [5.74, 6) is -0.743. The fraction of sp³-hybridized carbons (Fsp3) is 0.562. The van der Waals surface area contributed by atoms with Crippen molar-refractivity contribution < 1.29 is 9.90 Å². The SMILES string of the molecule is Cc1ccc(NC2(C(=O)O)CC(C)N(C3CC3)C2)cc1. The van der Waals surface area contributed by atoms with E-state index in [0.29, 0.717) is 25.0 Å². The predicted octanol–water partition coefficient (Wildman–Crippen LogP) is 2.49. The van der Waals surface area contributed by atoms with Crippen molar-refractivity contribution >= 4 is 11.7 Å². The summed E-state index contributed by atoms with van der Waals surface area (Å²) in [6, 6.07) is 8.88. The van der Waals surface area contributed by atoms with Gasteiger partial charge in [0.2, 0.25) is 0 Å². The lowest BCUT2D eigenvalue weighted by Crippen LogP contribution is -2.49. The number of nitrogens with zero attached hydrogens (tertiary/aromatic N) is 1. The fourth-order valence-electron chi connectivity index (χ4n) is 3.26. The highest BCUT2D eigenvalue weighted by Gasteiger charge is 2.51. The van der Waals surface area contributed by atoms with Gasteiger partial charge in [-0.15, -0.1) is 0 Å². The van der Waals surface area contributed by atoms with Gasteiger partial charge in [-0.1, -0.05) is 17.7 Å². The second kappa shape index (κ2) is 4.77. The lowest BCUT2D eigenvalue weighted by molar-refractivity contribution is -0.141. The summed E-state index contributed by atoms with van der Waals surface area (Å²) < 4.78 is 0. The predicted molar refractivity (Wildman–Crippen MR) is 79.0 cm³/mol. The molecule has 1 aromatic rings. The van der Waals surface area contributed by atoms with Crippen LogP contribution in [0.15, 0.2) is 24.3 Å². The lowest BCUT2D eigenvalue weighted by atomic mass is 9.96. The Bertz CT molecular complexity index is 510. The summed E-state index contributed by atoms with van der Waals surface area (Å²) in [5.41, 5.74) is 1.22. The van der Waals surface area contributed by atoms with Crippen LogP contribution in [0.5, 0.6) is 0 Å². The molecule has 0 amide bonds. The first kappa shape index (κ1) is 13.4. The lowest BCUT2D eigenvalue weighted by Gasteiger charge is -2.27. The molecule has 3 rings (SSSR count). The number of anilines is 1. The van der Waals surface area contributed by atoms with E-state index in [1.165, 1.54) is 18.4 Å². The molecule has 1 heterocycles. The molecule has 108 valence electrons. The number of likely N-dealkylation sites (tertiary alicyclic amines) is 1. The van der Waals surface area contributed by atoms with Gasteiger partial charge in [-0.05, 0) is 45.2 Å². The highest BCUT2D eigenvalue weighted by Crippen LogP contribution is 2.38. The maximum absolute atomic E-state index is 11.8. The number of nitrogens with one attached hydrogen (secondary N) is 1. The van der Waals surface area contributed by atoms with E-state index < -0.39 is 11.5 Å². The van der Waals surface area contributed by atoms with Crippen molar-refractivity contribution in [1.82, 2.24) is 4.90 Å². The number of aliphatic carboxylic acids is 1. The van der Waals surface area contributed by atoms with Crippen LogP contribution in [0.4, 0.5) is 5.69 Å². The number of benzene rings is 1. The van der Waals surface area contributed by atoms with Gasteiger partial charge in [-0.2, -0.15) is 0 Å². The molecule has 1 saturated heterocycles. The van der Waals surface area contributed by atoms with Crippen LogP contribution in [-0.4, -0.2) is 40.1 Å². The van der Waals surface area contributed by atoms with Crippen molar-refractivity contribution in [2.75, 3.05) is 11.9 Å². The molecule has 2 atom stereocenters. The molecule has 4 heteroatoms. The first-order valence-corrected chi connectivity index (χ1v) is 7.34. The fourth-order valence-corrected chi connectivity index (χ4v) is 3.26. The number of hydrogen-bond donors (Lipinski definition) is 2. The zero-order chi connectivity index (χ0) is 14.3. The molecule has 0 bridgehead atoms. The standard InChI is InChI=1S/C16H22N2O2/c1-11-3-5-13(6-4-11)17-16(15(19)20)9-12(2)18(10-16)14-7-8-14/h3-6,12,14,17H,7-10H2,1-2H3,(H,19,20). The molecule has 1 saturated carbocycles. The van der Waals surface area contributed by atoms with Crippen LogP contribution in [-0.2, 0) is 4.79 Å². The zero-order valence-electron chi connectivity index (χ0n) is 12.1. The number of aryl methyl sites for hydroxylation is 1. The summed E-state index contributed by atoms with van der Waals surface area (Å²) in [6.07, 6.45) is 3.09. The number of carboxylic acid groups (broad SMARTS) is 1. The normalized spacial score (nSPS) is 30.4. The third-order valence-corrected chi connectivity index (χ3v) is 4.52. The Balaban J connectivity index is 1.82. The van der Waals surface area contributed by atoms with Gasteiger partial charge in [0, 0.05) is 24.3 Å². The maximum Gasteiger partial charge on any atom is 0.330 e. The van der Waals surface area contributed by atoms with Crippen molar-refractivity contribution in [3.8, 4) is 0 Å². The van der Waals surface area contributed by atoms with Crippen LogP contribution in [0.1, 0.15) is 31.7 Å². The Morgan fingerprint density at radius 1 is 1.35 bits per heavy atom. The molecule has 2 N–H and O–H groups in total. The Kier molecular flexibility index (Phi) is 3.21. The van der Waals surface area contributed by atoms with Gasteiger partial charge < -0.3 is 10.4 Å². The van der Waals surface area contributed by atoms with Crippen molar-refractivity contribution in [3.63, 3.8) is 0 Å². The van der Waals surface area contributed by atoms with E-state index in [-0.39, 0.29) is 0 Å². The van der Waals surface area contributed by atoms with Gasteiger partial charge in [0.25, 0.3) is 0 Å². The molecule has 2 fully saturated rings. The zero-order valence-corrected chi connectivity index (χ0v) is 12.1. The van der Waals surface area contributed by atoms with E-state index in [9.17, 15) is 9.90 Å². The third-order valence-electron chi connectivity index (χ3n) is 4.52. The highest BCUT2D eigenvalue weighted by molar-refractivity contribution is 5.84. The maximum atomic E-state index is 11.8. The van der Waals surface area contributed by atoms with Crippen molar-refractivity contribution in [2.24, 2.45) is 0 Å². The Hall–Kier alpha value is -1.55. The first-order chi connectivity index (χ1) is 9.50. The molecule has 20 heavy (non-hydrogen) atoms. The summed E-state index contributed by atoms with van der Waals surface area (Å²) in [4.78, 5) is 14.2. The van der Waals surface area contributed by atoms with E-state index in [4.69, 9.17) is 0 Å². The van der Waals surface area contributed by atoms with Crippen LogP contribution in [0.25, 0.3) is 0 Å². The van der Waals surface area contributed by atoms with Crippen molar-refractivity contribution in [2.45, 2.75) is 50.7 Å². The molecule has 0 spiro atoms. The van der Waals surface area contributed by atoms with E-state index in [0.717, 1.165) is 5.69 Å². The summed E-state index contributed by atoms with van der Waals surface area (Å²) in [5, 5.41) is 13.0. The van der Waals surface area contributed by atoms with Gasteiger partial charge in [0.05, 0.1) is 0 Å². The molecule has 2 unspecified atom stereocenters. The molecule has 1 aliphatic heterocycles. The van der Waals surface area contributed by atoms with Crippen LogP contribution in [0.3, 0.4) is 0 Å². The second-order valence-corrected chi connectivity index (χ2v) is 6.33. The Labute approximate surface area is 119 Å². The average molecular weight is 274 g/mol. The molecule has 4 nitrogen and oxygen atoms in total. The van der Waals surface area contributed by atoms with Gasteiger partial charge in [0.15, 0.2) is 0 Å². The number of rotatable bonds is 4. The van der Waals surface area contributed by atoms with Gasteiger partial charge in [-0.3, -0.25) is 4.90 Å². The average Bonchev–Trinajstić information content (AvgIpc) is 3.18.